The molecule has 100 valence electrons. The van der Waals surface area contributed by atoms with E-state index in [9.17, 15) is 9.90 Å². The van der Waals surface area contributed by atoms with Crippen LogP contribution in [-0.2, 0) is 4.79 Å². The Balaban J connectivity index is 3.06. The van der Waals surface area contributed by atoms with E-state index in [0.717, 1.165) is 6.42 Å². The van der Waals surface area contributed by atoms with Gasteiger partial charge >= 0.3 is 5.97 Å². The minimum atomic E-state index is -0.924. The van der Waals surface area contributed by atoms with Crippen molar-refractivity contribution < 1.29 is 19.4 Å². The van der Waals surface area contributed by atoms with Crippen LogP contribution in [0.5, 0.6) is 11.5 Å². The first-order chi connectivity index (χ1) is 8.63. The van der Waals surface area contributed by atoms with Crippen molar-refractivity contribution in [3.8, 4) is 11.5 Å². The number of hydrogen-bond donors (Lipinski definition) is 2. The van der Waals surface area contributed by atoms with Crippen LogP contribution in [0.15, 0.2) is 18.2 Å². The number of carboxylic acid groups (broad SMARTS) is 1. The summed E-state index contributed by atoms with van der Waals surface area (Å²) in [6, 6.07) is 4.34. The molecular formula is C13H19NO4. The zero-order valence-electron chi connectivity index (χ0n) is 10.9. The normalized spacial score (nSPS) is 11.9. The molecular weight excluding hydrogens is 234 g/mol. The first-order valence-corrected chi connectivity index (χ1v) is 5.82. The largest absolute Gasteiger partial charge is 0.497 e. The lowest BCUT2D eigenvalue weighted by atomic mass is 10.1. The van der Waals surface area contributed by atoms with Gasteiger partial charge in [-0.3, -0.25) is 4.79 Å². The highest BCUT2D eigenvalue weighted by Crippen LogP contribution is 2.29. The van der Waals surface area contributed by atoms with Gasteiger partial charge in [-0.1, -0.05) is 6.92 Å². The Bertz CT molecular complexity index is 406. The highest BCUT2D eigenvalue weighted by Gasteiger charge is 2.22. The van der Waals surface area contributed by atoms with E-state index in [0.29, 0.717) is 23.6 Å². The maximum absolute atomic E-state index is 11.3. The molecule has 1 rings (SSSR count). The Hall–Kier alpha value is -1.75. The Kier molecular flexibility index (Phi) is 5.45. The van der Waals surface area contributed by atoms with Crippen molar-refractivity contribution in [3.63, 3.8) is 0 Å². The molecule has 0 spiro atoms. The van der Waals surface area contributed by atoms with Gasteiger partial charge in [-0.05, 0) is 25.1 Å². The van der Waals surface area contributed by atoms with Crippen LogP contribution in [0, 0.1) is 0 Å². The summed E-state index contributed by atoms with van der Waals surface area (Å²) in [4.78, 5) is 11.3. The molecule has 0 heterocycles. The molecule has 5 nitrogen and oxygen atoms in total. The number of benzene rings is 1. The third-order valence-corrected chi connectivity index (χ3v) is 2.60. The Morgan fingerprint density at radius 3 is 2.61 bits per heavy atom. The molecule has 0 saturated heterocycles. The number of rotatable bonds is 7. The standard InChI is InChI=1S/C13H19NO4/c1-4-7-14-12(13(15)16)10-6-5-9(17-2)8-11(10)18-3/h5-6,8,12,14H,4,7H2,1-3H3,(H,15,16). The van der Waals surface area contributed by atoms with Crippen LogP contribution in [0.25, 0.3) is 0 Å². The van der Waals surface area contributed by atoms with E-state index >= 15 is 0 Å². The van der Waals surface area contributed by atoms with Crippen molar-refractivity contribution in [1.29, 1.82) is 0 Å². The lowest BCUT2D eigenvalue weighted by Crippen LogP contribution is -2.29. The van der Waals surface area contributed by atoms with Gasteiger partial charge in [0, 0.05) is 11.6 Å². The fourth-order valence-electron chi connectivity index (χ4n) is 1.68. The molecule has 2 N–H and O–H groups in total. The molecule has 1 atom stereocenters. The average Bonchev–Trinajstić information content (AvgIpc) is 2.38. The van der Waals surface area contributed by atoms with E-state index in [1.54, 1.807) is 25.3 Å². The number of carbonyl (C=O) groups is 1. The summed E-state index contributed by atoms with van der Waals surface area (Å²) in [5.74, 6) is 0.215. The van der Waals surface area contributed by atoms with Gasteiger partial charge in [0.15, 0.2) is 0 Å². The van der Waals surface area contributed by atoms with E-state index in [1.165, 1.54) is 7.11 Å². The SMILES string of the molecule is CCCNC(C(=O)O)c1ccc(OC)cc1OC. The third-order valence-electron chi connectivity index (χ3n) is 2.60. The zero-order chi connectivity index (χ0) is 13.5. The molecule has 1 unspecified atom stereocenters. The van der Waals surface area contributed by atoms with Crippen LogP contribution in [0.1, 0.15) is 24.9 Å². The van der Waals surface area contributed by atoms with E-state index < -0.39 is 12.0 Å². The van der Waals surface area contributed by atoms with Gasteiger partial charge in [-0.25, -0.2) is 0 Å². The number of methoxy groups -OCH3 is 2. The van der Waals surface area contributed by atoms with E-state index in [1.807, 2.05) is 6.92 Å². The van der Waals surface area contributed by atoms with E-state index in [2.05, 4.69) is 5.32 Å². The molecule has 0 aliphatic heterocycles. The second-order valence-electron chi connectivity index (χ2n) is 3.83. The van der Waals surface area contributed by atoms with Gasteiger partial charge < -0.3 is 19.9 Å². The lowest BCUT2D eigenvalue weighted by molar-refractivity contribution is -0.139. The van der Waals surface area contributed by atoms with Crippen LogP contribution >= 0.6 is 0 Å². The van der Waals surface area contributed by atoms with Crippen LogP contribution in [0.3, 0.4) is 0 Å². The van der Waals surface area contributed by atoms with Gasteiger partial charge in [-0.2, -0.15) is 0 Å². The molecule has 0 aliphatic rings. The molecule has 0 saturated carbocycles. The molecule has 5 heteroatoms. The molecule has 0 fully saturated rings. The number of carboxylic acids is 1. The monoisotopic (exact) mass is 253 g/mol. The minimum Gasteiger partial charge on any atom is -0.497 e. The Labute approximate surface area is 107 Å². The van der Waals surface area contributed by atoms with Gasteiger partial charge in [0.25, 0.3) is 0 Å². The summed E-state index contributed by atoms with van der Waals surface area (Å²) in [7, 11) is 3.06. The van der Waals surface area contributed by atoms with Crippen molar-refractivity contribution in [2.75, 3.05) is 20.8 Å². The second-order valence-corrected chi connectivity index (χ2v) is 3.83. The first-order valence-electron chi connectivity index (χ1n) is 5.82. The molecule has 1 aromatic carbocycles. The van der Waals surface area contributed by atoms with Crippen LogP contribution in [-0.4, -0.2) is 31.8 Å². The minimum absolute atomic E-state index is 0.505. The van der Waals surface area contributed by atoms with Gasteiger partial charge in [0.2, 0.25) is 0 Å². The van der Waals surface area contributed by atoms with Crippen molar-refractivity contribution in [3.05, 3.63) is 23.8 Å². The molecule has 0 bridgehead atoms. The topological polar surface area (TPSA) is 67.8 Å². The summed E-state index contributed by atoms with van der Waals surface area (Å²) in [5.41, 5.74) is 0.597. The maximum atomic E-state index is 11.3. The van der Waals surface area contributed by atoms with Crippen molar-refractivity contribution in [2.24, 2.45) is 0 Å². The van der Waals surface area contributed by atoms with Crippen molar-refractivity contribution in [1.82, 2.24) is 5.32 Å². The summed E-state index contributed by atoms with van der Waals surface area (Å²) < 4.78 is 10.3. The highest BCUT2D eigenvalue weighted by atomic mass is 16.5. The summed E-state index contributed by atoms with van der Waals surface area (Å²) in [6.07, 6.45) is 0.863. The van der Waals surface area contributed by atoms with Gasteiger partial charge in [0.1, 0.15) is 17.5 Å². The Morgan fingerprint density at radius 1 is 1.39 bits per heavy atom. The van der Waals surface area contributed by atoms with Crippen molar-refractivity contribution >= 4 is 5.97 Å². The van der Waals surface area contributed by atoms with Crippen LogP contribution in [0.2, 0.25) is 0 Å². The smallest absolute Gasteiger partial charge is 0.325 e. The summed E-state index contributed by atoms with van der Waals surface area (Å²) in [6.45, 7) is 2.61. The lowest BCUT2D eigenvalue weighted by Gasteiger charge is -2.18. The van der Waals surface area contributed by atoms with Gasteiger partial charge in [0.05, 0.1) is 14.2 Å². The van der Waals surface area contributed by atoms with Gasteiger partial charge in [-0.15, -0.1) is 0 Å². The quantitative estimate of drug-likeness (QED) is 0.776. The van der Waals surface area contributed by atoms with E-state index in [4.69, 9.17) is 9.47 Å². The summed E-state index contributed by atoms with van der Waals surface area (Å²) >= 11 is 0. The summed E-state index contributed by atoms with van der Waals surface area (Å²) in [5, 5.41) is 12.2. The molecule has 18 heavy (non-hydrogen) atoms. The highest BCUT2D eigenvalue weighted by molar-refractivity contribution is 5.77. The third kappa shape index (κ3) is 3.37. The fourth-order valence-corrected chi connectivity index (χ4v) is 1.68. The predicted molar refractivity (Wildman–Crippen MR) is 68.2 cm³/mol. The van der Waals surface area contributed by atoms with Crippen molar-refractivity contribution in [2.45, 2.75) is 19.4 Å². The number of hydrogen-bond acceptors (Lipinski definition) is 4. The second kappa shape index (κ2) is 6.86. The first kappa shape index (κ1) is 14.3. The van der Waals surface area contributed by atoms with Crippen LogP contribution < -0.4 is 14.8 Å². The molecule has 0 aliphatic carbocycles. The van der Waals surface area contributed by atoms with E-state index in [-0.39, 0.29) is 0 Å². The zero-order valence-corrected chi connectivity index (χ0v) is 10.9. The number of nitrogens with one attached hydrogen (secondary N) is 1. The molecule has 0 aromatic heterocycles. The fraction of sp³-hybridized carbons (Fsp3) is 0.462. The maximum Gasteiger partial charge on any atom is 0.325 e. The van der Waals surface area contributed by atoms with Crippen LogP contribution in [0.4, 0.5) is 0 Å². The molecule has 0 radical (unpaired) electrons. The number of ether oxygens (including phenoxy) is 2. The number of aliphatic carboxylic acids is 1. The molecule has 0 amide bonds. The average molecular weight is 253 g/mol. The predicted octanol–water partition coefficient (Wildman–Crippen LogP) is 1.83. The molecule has 1 aromatic rings. The Morgan fingerprint density at radius 2 is 2.11 bits per heavy atom.